The molecule has 0 bridgehead atoms. The Hall–Kier alpha value is -1.89. The van der Waals surface area contributed by atoms with Gasteiger partial charge in [0.1, 0.15) is 10.8 Å². The van der Waals surface area contributed by atoms with Crippen molar-refractivity contribution in [1.29, 1.82) is 0 Å². The van der Waals surface area contributed by atoms with Gasteiger partial charge in [0.05, 0.1) is 19.9 Å². The lowest BCUT2D eigenvalue weighted by molar-refractivity contribution is 0.0563. The summed E-state index contributed by atoms with van der Waals surface area (Å²) in [5.74, 6) is 0.362. The molecule has 0 aliphatic rings. The number of aromatic nitrogens is 2. The minimum Gasteiger partial charge on any atom is -0.463 e. The Bertz CT molecular complexity index is 466. The average molecular weight is 239 g/mol. The lowest BCUT2D eigenvalue weighted by atomic mass is 10.4. The van der Waals surface area contributed by atoms with Gasteiger partial charge in [-0.3, -0.25) is 0 Å². The Morgan fingerprint density at radius 1 is 1.62 bits per heavy atom. The summed E-state index contributed by atoms with van der Waals surface area (Å²) in [4.78, 5) is 11.1. The van der Waals surface area contributed by atoms with Crippen molar-refractivity contribution in [1.82, 2.24) is 9.59 Å². The molecule has 6 nitrogen and oxygen atoms in total. The van der Waals surface area contributed by atoms with Gasteiger partial charge in [0, 0.05) is 11.5 Å². The van der Waals surface area contributed by atoms with Crippen molar-refractivity contribution in [3.8, 4) is 0 Å². The Labute approximate surface area is 95.4 Å². The molecule has 0 amide bonds. The molecule has 16 heavy (non-hydrogen) atoms. The molecule has 0 aromatic carbocycles. The molecule has 1 N–H and O–H groups in total. The number of nitrogens with one attached hydrogen (secondary N) is 1. The number of methoxy groups -OCH3 is 1. The van der Waals surface area contributed by atoms with Gasteiger partial charge in [-0.05, 0) is 12.1 Å². The van der Waals surface area contributed by atoms with E-state index in [2.05, 4.69) is 19.6 Å². The molecule has 0 saturated heterocycles. The van der Waals surface area contributed by atoms with E-state index in [0.29, 0.717) is 12.3 Å². The minimum absolute atomic E-state index is 0.196. The fraction of sp³-hybridized carbons (Fsp3) is 0.222. The smallest absolute Gasteiger partial charge is 0.373 e. The molecule has 7 heteroatoms. The molecule has 2 aromatic rings. The normalized spacial score (nSPS) is 10.1. The predicted molar refractivity (Wildman–Crippen MR) is 57.3 cm³/mol. The summed E-state index contributed by atoms with van der Waals surface area (Å²) < 4.78 is 13.5. The van der Waals surface area contributed by atoms with Gasteiger partial charge in [0.25, 0.3) is 0 Å². The van der Waals surface area contributed by atoms with Gasteiger partial charge in [-0.2, -0.15) is 0 Å². The quantitative estimate of drug-likeness (QED) is 0.815. The highest BCUT2D eigenvalue weighted by Crippen LogP contribution is 2.13. The maximum atomic E-state index is 11.1. The molecule has 0 radical (unpaired) electrons. The Morgan fingerprint density at radius 3 is 3.19 bits per heavy atom. The fourth-order valence-electron chi connectivity index (χ4n) is 1.10. The van der Waals surface area contributed by atoms with Crippen LogP contribution in [-0.4, -0.2) is 22.7 Å². The first kappa shape index (κ1) is 10.6. The first-order chi connectivity index (χ1) is 7.79. The van der Waals surface area contributed by atoms with Crippen molar-refractivity contribution in [2.45, 2.75) is 6.54 Å². The summed E-state index contributed by atoms with van der Waals surface area (Å²) in [6, 6.07) is 3.29. The second-order valence-corrected chi connectivity index (χ2v) is 3.68. The first-order valence-electron chi connectivity index (χ1n) is 4.48. The summed E-state index contributed by atoms with van der Waals surface area (Å²) in [5, 5.41) is 7.58. The first-order valence-corrected chi connectivity index (χ1v) is 5.25. The molecule has 0 aliphatic carbocycles. The van der Waals surface area contributed by atoms with Crippen LogP contribution in [0.15, 0.2) is 22.7 Å². The highest BCUT2D eigenvalue weighted by molar-refractivity contribution is 7.09. The van der Waals surface area contributed by atoms with E-state index < -0.39 is 5.97 Å². The third kappa shape index (κ3) is 2.37. The molecular weight excluding hydrogens is 230 g/mol. The number of hydrogen-bond donors (Lipinski definition) is 1. The van der Waals surface area contributed by atoms with Crippen molar-refractivity contribution in [3.05, 3.63) is 29.9 Å². The van der Waals surface area contributed by atoms with Crippen LogP contribution in [0, 0.1) is 0 Å². The average Bonchev–Trinajstić information content (AvgIpc) is 2.96. The van der Waals surface area contributed by atoms with Gasteiger partial charge in [-0.25, -0.2) is 4.79 Å². The maximum Gasteiger partial charge on any atom is 0.373 e. The molecule has 2 heterocycles. The Kier molecular flexibility index (Phi) is 3.16. The highest BCUT2D eigenvalue weighted by atomic mass is 32.1. The monoisotopic (exact) mass is 239 g/mol. The number of furan rings is 1. The van der Waals surface area contributed by atoms with Gasteiger partial charge in [-0.1, -0.05) is 4.49 Å². The number of anilines is 1. The van der Waals surface area contributed by atoms with Crippen LogP contribution in [0.5, 0.6) is 0 Å². The van der Waals surface area contributed by atoms with Crippen LogP contribution in [0.1, 0.15) is 16.3 Å². The topological polar surface area (TPSA) is 77.2 Å². The van der Waals surface area contributed by atoms with Crippen molar-refractivity contribution >= 4 is 22.5 Å². The van der Waals surface area contributed by atoms with E-state index in [4.69, 9.17) is 4.42 Å². The summed E-state index contributed by atoms with van der Waals surface area (Å²) >= 11 is 1.25. The molecule has 84 valence electrons. The zero-order valence-corrected chi connectivity index (χ0v) is 9.28. The zero-order valence-electron chi connectivity index (χ0n) is 8.47. The molecule has 0 aliphatic heterocycles. The van der Waals surface area contributed by atoms with Gasteiger partial charge in [0.15, 0.2) is 0 Å². The summed E-state index contributed by atoms with van der Waals surface area (Å²) in [6.45, 7) is 0.473. The van der Waals surface area contributed by atoms with E-state index in [1.54, 1.807) is 18.3 Å². The van der Waals surface area contributed by atoms with Crippen molar-refractivity contribution in [3.63, 3.8) is 0 Å². The zero-order chi connectivity index (χ0) is 11.4. The van der Waals surface area contributed by atoms with E-state index in [1.807, 2.05) is 0 Å². The lowest BCUT2D eigenvalue weighted by Gasteiger charge is -1.98. The second-order valence-electron chi connectivity index (χ2n) is 2.89. The van der Waals surface area contributed by atoms with Gasteiger partial charge < -0.3 is 14.5 Å². The lowest BCUT2D eigenvalue weighted by Crippen LogP contribution is -1.99. The Morgan fingerprint density at radius 2 is 2.50 bits per heavy atom. The second kappa shape index (κ2) is 4.75. The van der Waals surface area contributed by atoms with Crippen molar-refractivity contribution in [2.75, 3.05) is 12.4 Å². The number of carbonyl (C=O) groups excluding carboxylic acids is 1. The number of esters is 1. The van der Waals surface area contributed by atoms with Crippen molar-refractivity contribution < 1.29 is 13.9 Å². The number of carbonyl (C=O) groups is 1. The van der Waals surface area contributed by atoms with Crippen LogP contribution in [0.4, 0.5) is 5.00 Å². The van der Waals surface area contributed by atoms with Crippen LogP contribution >= 0.6 is 11.5 Å². The van der Waals surface area contributed by atoms with E-state index in [-0.39, 0.29) is 5.76 Å². The molecule has 2 aromatic heterocycles. The SMILES string of the molecule is COC(=O)c1ccc(CNc2cnns2)o1. The fourth-order valence-corrected chi connectivity index (χ4v) is 1.52. The molecule has 0 saturated carbocycles. The highest BCUT2D eigenvalue weighted by Gasteiger charge is 2.10. The van der Waals surface area contributed by atoms with Crippen LogP contribution in [0.25, 0.3) is 0 Å². The predicted octanol–water partition coefficient (Wildman–Crippen LogP) is 1.53. The van der Waals surface area contributed by atoms with Crippen LogP contribution in [0.2, 0.25) is 0 Å². The van der Waals surface area contributed by atoms with Gasteiger partial charge in [-0.15, -0.1) is 5.10 Å². The van der Waals surface area contributed by atoms with Gasteiger partial charge >= 0.3 is 5.97 Å². The molecule has 0 fully saturated rings. The number of nitrogens with zero attached hydrogens (tertiary/aromatic N) is 2. The summed E-state index contributed by atoms with van der Waals surface area (Å²) in [7, 11) is 1.31. The largest absolute Gasteiger partial charge is 0.463 e. The van der Waals surface area contributed by atoms with Crippen molar-refractivity contribution in [2.24, 2.45) is 0 Å². The molecular formula is C9H9N3O3S. The van der Waals surface area contributed by atoms with Crippen LogP contribution in [-0.2, 0) is 11.3 Å². The minimum atomic E-state index is -0.481. The van der Waals surface area contributed by atoms with E-state index in [1.165, 1.54) is 18.6 Å². The standard InChI is InChI=1S/C9H9N3O3S/c1-14-9(13)7-3-2-6(15-7)4-10-8-5-11-12-16-8/h2-3,5,10H,4H2,1H3. The summed E-state index contributed by atoms with van der Waals surface area (Å²) in [6.07, 6.45) is 1.62. The molecule has 2 rings (SSSR count). The van der Waals surface area contributed by atoms with Crippen LogP contribution in [0.3, 0.4) is 0 Å². The summed E-state index contributed by atoms with van der Waals surface area (Å²) in [5.41, 5.74) is 0. The van der Waals surface area contributed by atoms with Gasteiger partial charge in [0.2, 0.25) is 5.76 Å². The van der Waals surface area contributed by atoms with E-state index >= 15 is 0 Å². The molecule has 0 atom stereocenters. The number of hydrogen-bond acceptors (Lipinski definition) is 7. The van der Waals surface area contributed by atoms with Crippen LogP contribution < -0.4 is 5.32 Å². The molecule has 0 spiro atoms. The third-order valence-corrected chi connectivity index (χ3v) is 2.47. The Balaban J connectivity index is 1.95. The number of rotatable bonds is 4. The maximum absolute atomic E-state index is 11.1. The number of ether oxygens (including phenoxy) is 1. The van der Waals surface area contributed by atoms with E-state index in [0.717, 1.165) is 5.00 Å². The van der Waals surface area contributed by atoms with E-state index in [9.17, 15) is 4.79 Å². The molecule has 0 unspecified atom stereocenters. The third-order valence-electron chi connectivity index (χ3n) is 1.85.